The number of hydrogen-bond donors (Lipinski definition) is 1. The standard InChI is InChI=1S/C19H17ClN4O2S/c20-16-6-4-12-10-13(3-5-15(12)22-16)18(26)24-8-1-2-14(11-24)17(25)23-19-21-7-9-27-19/h3-7,9-10,14H,1-2,8,11H2,(H,21,23,25). The number of hydrogen-bond acceptors (Lipinski definition) is 5. The maximum atomic E-state index is 12.9. The van der Waals surface area contributed by atoms with Crippen molar-refractivity contribution in [2.75, 3.05) is 18.4 Å². The monoisotopic (exact) mass is 400 g/mol. The van der Waals surface area contributed by atoms with Crippen molar-refractivity contribution in [1.82, 2.24) is 14.9 Å². The van der Waals surface area contributed by atoms with Crippen molar-refractivity contribution >= 4 is 50.8 Å². The number of thiazole rings is 1. The number of carbonyl (C=O) groups excluding carboxylic acids is 2. The molecule has 138 valence electrons. The molecular weight excluding hydrogens is 384 g/mol. The van der Waals surface area contributed by atoms with E-state index in [2.05, 4.69) is 15.3 Å². The maximum Gasteiger partial charge on any atom is 0.253 e. The molecule has 1 N–H and O–H groups in total. The van der Waals surface area contributed by atoms with Gasteiger partial charge in [-0.1, -0.05) is 11.6 Å². The summed E-state index contributed by atoms with van der Waals surface area (Å²) in [5.74, 6) is -0.383. The van der Waals surface area contributed by atoms with Crippen molar-refractivity contribution < 1.29 is 9.59 Å². The first kappa shape index (κ1) is 17.9. The van der Waals surface area contributed by atoms with Crippen LogP contribution in [0, 0.1) is 5.92 Å². The molecule has 0 saturated carbocycles. The van der Waals surface area contributed by atoms with Gasteiger partial charge in [-0.05, 0) is 43.2 Å². The summed E-state index contributed by atoms with van der Waals surface area (Å²) in [4.78, 5) is 35.5. The molecule has 1 unspecified atom stereocenters. The number of fused-ring (bicyclic) bond motifs is 1. The molecule has 1 aliphatic heterocycles. The van der Waals surface area contributed by atoms with E-state index in [-0.39, 0.29) is 17.7 Å². The van der Waals surface area contributed by atoms with Crippen molar-refractivity contribution in [2.24, 2.45) is 5.92 Å². The Morgan fingerprint density at radius 3 is 2.96 bits per heavy atom. The van der Waals surface area contributed by atoms with E-state index in [1.54, 1.807) is 29.3 Å². The minimum atomic E-state index is -0.229. The zero-order valence-electron chi connectivity index (χ0n) is 14.4. The summed E-state index contributed by atoms with van der Waals surface area (Å²) < 4.78 is 0. The van der Waals surface area contributed by atoms with Gasteiger partial charge in [-0.2, -0.15) is 0 Å². The van der Waals surface area contributed by atoms with Crippen LogP contribution in [0.15, 0.2) is 41.9 Å². The van der Waals surface area contributed by atoms with Crippen molar-refractivity contribution in [2.45, 2.75) is 12.8 Å². The lowest BCUT2D eigenvalue weighted by Crippen LogP contribution is -2.43. The summed E-state index contributed by atoms with van der Waals surface area (Å²) in [6, 6.07) is 8.93. The van der Waals surface area contributed by atoms with E-state index in [1.807, 2.05) is 17.5 Å². The molecule has 0 aliphatic carbocycles. The van der Waals surface area contributed by atoms with Gasteiger partial charge >= 0.3 is 0 Å². The molecule has 3 heterocycles. The molecule has 27 heavy (non-hydrogen) atoms. The zero-order chi connectivity index (χ0) is 18.8. The number of likely N-dealkylation sites (tertiary alicyclic amines) is 1. The summed E-state index contributed by atoms with van der Waals surface area (Å²) in [6.07, 6.45) is 3.21. The van der Waals surface area contributed by atoms with E-state index in [0.717, 1.165) is 23.7 Å². The first-order valence-corrected chi connectivity index (χ1v) is 9.92. The predicted molar refractivity (Wildman–Crippen MR) is 106 cm³/mol. The van der Waals surface area contributed by atoms with Gasteiger partial charge in [0.1, 0.15) is 5.15 Å². The molecule has 6 nitrogen and oxygen atoms in total. The number of carbonyl (C=O) groups is 2. The van der Waals surface area contributed by atoms with Crippen LogP contribution < -0.4 is 5.32 Å². The number of halogens is 1. The second-order valence-electron chi connectivity index (χ2n) is 6.46. The molecule has 0 spiro atoms. The molecule has 1 atom stereocenters. The van der Waals surface area contributed by atoms with Gasteiger partial charge in [0.25, 0.3) is 5.91 Å². The molecule has 4 rings (SSSR count). The Balaban J connectivity index is 1.48. The lowest BCUT2D eigenvalue weighted by molar-refractivity contribution is -0.121. The number of pyridine rings is 1. The van der Waals surface area contributed by atoms with E-state index in [0.29, 0.717) is 28.9 Å². The molecule has 2 amide bonds. The van der Waals surface area contributed by atoms with E-state index in [9.17, 15) is 9.59 Å². The van der Waals surface area contributed by atoms with Crippen LogP contribution in [0.2, 0.25) is 5.15 Å². The fraction of sp³-hybridized carbons (Fsp3) is 0.263. The number of anilines is 1. The lowest BCUT2D eigenvalue weighted by Gasteiger charge is -2.32. The molecule has 1 aliphatic rings. The minimum Gasteiger partial charge on any atom is -0.338 e. The highest BCUT2D eigenvalue weighted by atomic mass is 35.5. The average molecular weight is 401 g/mol. The number of rotatable bonds is 3. The Morgan fingerprint density at radius 2 is 2.15 bits per heavy atom. The van der Waals surface area contributed by atoms with Crippen molar-refractivity contribution in [3.8, 4) is 0 Å². The molecule has 1 aromatic carbocycles. The highest BCUT2D eigenvalue weighted by Crippen LogP contribution is 2.23. The summed E-state index contributed by atoms with van der Waals surface area (Å²) in [7, 11) is 0. The SMILES string of the molecule is O=C(Nc1nccs1)C1CCCN(C(=O)c2ccc3nc(Cl)ccc3c2)C1. The Hall–Kier alpha value is -2.51. The van der Waals surface area contributed by atoms with Crippen LogP contribution in [0.3, 0.4) is 0 Å². The third-order valence-electron chi connectivity index (χ3n) is 4.64. The van der Waals surface area contributed by atoms with Crippen LogP contribution in [-0.2, 0) is 4.79 Å². The van der Waals surface area contributed by atoms with Crippen molar-refractivity contribution in [3.63, 3.8) is 0 Å². The molecule has 0 radical (unpaired) electrons. The maximum absolute atomic E-state index is 12.9. The van der Waals surface area contributed by atoms with Crippen LogP contribution in [0.25, 0.3) is 10.9 Å². The fourth-order valence-corrected chi connectivity index (χ4v) is 3.97. The van der Waals surface area contributed by atoms with E-state index in [1.165, 1.54) is 11.3 Å². The van der Waals surface area contributed by atoms with Crippen molar-refractivity contribution in [1.29, 1.82) is 0 Å². The minimum absolute atomic E-state index is 0.0707. The van der Waals surface area contributed by atoms with Crippen LogP contribution in [-0.4, -0.2) is 39.8 Å². The van der Waals surface area contributed by atoms with Gasteiger partial charge in [0.2, 0.25) is 5.91 Å². The normalized spacial score (nSPS) is 17.1. The third kappa shape index (κ3) is 3.94. The predicted octanol–water partition coefficient (Wildman–Crippen LogP) is 3.84. The fourth-order valence-electron chi connectivity index (χ4n) is 3.28. The molecule has 1 fully saturated rings. The quantitative estimate of drug-likeness (QED) is 0.678. The topological polar surface area (TPSA) is 75.2 Å². The number of nitrogens with zero attached hydrogens (tertiary/aromatic N) is 3. The zero-order valence-corrected chi connectivity index (χ0v) is 16.0. The van der Waals surface area contributed by atoms with Gasteiger partial charge < -0.3 is 10.2 Å². The second-order valence-corrected chi connectivity index (χ2v) is 7.74. The molecule has 1 saturated heterocycles. The number of piperidine rings is 1. The Kier molecular flexibility index (Phi) is 5.05. The summed E-state index contributed by atoms with van der Waals surface area (Å²) in [6.45, 7) is 1.06. The van der Waals surface area contributed by atoms with Gasteiger partial charge in [-0.15, -0.1) is 11.3 Å². The highest BCUT2D eigenvalue weighted by Gasteiger charge is 2.29. The summed E-state index contributed by atoms with van der Waals surface area (Å²) in [5.41, 5.74) is 1.34. The van der Waals surface area contributed by atoms with Crippen LogP contribution in [0.4, 0.5) is 5.13 Å². The van der Waals surface area contributed by atoms with Gasteiger partial charge in [0, 0.05) is 35.6 Å². The second kappa shape index (κ2) is 7.62. The van der Waals surface area contributed by atoms with Crippen LogP contribution in [0.5, 0.6) is 0 Å². The van der Waals surface area contributed by atoms with Gasteiger partial charge in [0.15, 0.2) is 5.13 Å². The largest absolute Gasteiger partial charge is 0.338 e. The summed E-state index contributed by atoms with van der Waals surface area (Å²) in [5, 5.41) is 6.52. The van der Waals surface area contributed by atoms with E-state index < -0.39 is 0 Å². The van der Waals surface area contributed by atoms with Gasteiger partial charge in [-0.25, -0.2) is 9.97 Å². The molecule has 2 aromatic heterocycles. The highest BCUT2D eigenvalue weighted by molar-refractivity contribution is 7.13. The number of benzene rings is 1. The van der Waals surface area contributed by atoms with E-state index >= 15 is 0 Å². The van der Waals surface area contributed by atoms with Gasteiger partial charge in [-0.3, -0.25) is 9.59 Å². The Labute approximate surface area is 165 Å². The van der Waals surface area contributed by atoms with Crippen LogP contribution in [0.1, 0.15) is 23.2 Å². The van der Waals surface area contributed by atoms with Crippen LogP contribution >= 0.6 is 22.9 Å². The lowest BCUT2D eigenvalue weighted by atomic mass is 9.96. The molecule has 8 heteroatoms. The Morgan fingerprint density at radius 1 is 1.26 bits per heavy atom. The smallest absolute Gasteiger partial charge is 0.253 e. The molecule has 0 bridgehead atoms. The molecular formula is C19H17ClN4O2S. The van der Waals surface area contributed by atoms with Gasteiger partial charge in [0.05, 0.1) is 11.4 Å². The average Bonchev–Trinajstić information content (AvgIpc) is 3.20. The first-order chi connectivity index (χ1) is 13.1. The number of aromatic nitrogens is 2. The van der Waals surface area contributed by atoms with E-state index in [4.69, 9.17) is 11.6 Å². The van der Waals surface area contributed by atoms with Crippen molar-refractivity contribution in [3.05, 3.63) is 52.6 Å². The number of amides is 2. The third-order valence-corrected chi connectivity index (χ3v) is 5.54. The number of nitrogens with one attached hydrogen (secondary N) is 1. The first-order valence-electron chi connectivity index (χ1n) is 8.66. The molecule has 3 aromatic rings. The summed E-state index contributed by atoms with van der Waals surface area (Å²) >= 11 is 7.29. The Bertz CT molecular complexity index is 993.